The molecule has 5 rings (SSSR count). The summed E-state index contributed by atoms with van der Waals surface area (Å²) in [7, 11) is 0. The summed E-state index contributed by atoms with van der Waals surface area (Å²) in [6.07, 6.45) is -1.46. The number of carbonyl (C=O) groups excluding carboxylic acids is 1. The van der Waals surface area contributed by atoms with Crippen molar-refractivity contribution in [3.8, 4) is 22.6 Å². The Morgan fingerprint density at radius 1 is 0.846 bits per heavy atom. The molecular formula is C40H43F6N3O3. The van der Waals surface area contributed by atoms with Gasteiger partial charge in [0.25, 0.3) is 0 Å². The largest absolute Gasteiger partial charge is 0.490 e. The highest BCUT2D eigenvalue weighted by Crippen LogP contribution is 2.39. The van der Waals surface area contributed by atoms with E-state index in [2.05, 4.69) is 35.9 Å². The topological polar surface area (TPSA) is 64.6 Å². The Morgan fingerprint density at radius 3 is 2.10 bits per heavy atom. The molecule has 1 aliphatic rings. The second-order valence-electron chi connectivity index (χ2n) is 13.7. The number of aldehydes is 1. The standard InChI is InChI=1S/C40H43F6N3O3/c1-25(2)29-12-11-26(3)35(18-29)36-20-37(52-33-9-5-6-10-33)27(4)15-30(36)24-49(38-47-21-34(22-48-38)51-14-8-7-13-50)23-28-16-31(39(41,42)43)19-32(17-28)40(44,45)46/h11-13,15-22,25,33H,5-10,14,23-24H2,1-4H3. The molecular weight excluding hydrogens is 684 g/mol. The fourth-order valence-corrected chi connectivity index (χ4v) is 6.37. The van der Waals surface area contributed by atoms with E-state index in [1.165, 1.54) is 12.4 Å². The van der Waals surface area contributed by atoms with Gasteiger partial charge in [-0.15, -0.1) is 0 Å². The number of alkyl halides is 6. The van der Waals surface area contributed by atoms with Crippen molar-refractivity contribution >= 4 is 12.2 Å². The van der Waals surface area contributed by atoms with Crippen LogP contribution >= 0.6 is 0 Å². The lowest BCUT2D eigenvalue weighted by atomic mass is 9.90. The molecule has 0 N–H and O–H groups in total. The summed E-state index contributed by atoms with van der Waals surface area (Å²) < 4.78 is 95.4. The van der Waals surface area contributed by atoms with E-state index in [1.807, 2.05) is 32.0 Å². The first-order valence-corrected chi connectivity index (χ1v) is 17.4. The number of hydrogen-bond acceptors (Lipinski definition) is 6. The van der Waals surface area contributed by atoms with Crippen LogP contribution in [0.1, 0.15) is 97.2 Å². The number of aryl methyl sites for hydroxylation is 2. The smallest absolute Gasteiger partial charge is 0.416 e. The van der Waals surface area contributed by atoms with E-state index in [4.69, 9.17) is 9.47 Å². The minimum absolute atomic E-state index is 0.0440. The fourth-order valence-electron chi connectivity index (χ4n) is 6.37. The van der Waals surface area contributed by atoms with Crippen molar-refractivity contribution in [1.29, 1.82) is 0 Å². The van der Waals surface area contributed by atoms with E-state index in [0.29, 0.717) is 18.6 Å². The van der Waals surface area contributed by atoms with Crippen LogP contribution in [0.3, 0.4) is 0 Å². The molecule has 0 aliphatic heterocycles. The van der Waals surface area contributed by atoms with Crippen LogP contribution < -0.4 is 14.4 Å². The Labute approximate surface area is 300 Å². The van der Waals surface area contributed by atoms with Crippen LogP contribution in [-0.4, -0.2) is 29.0 Å². The highest BCUT2D eigenvalue weighted by molar-refractivity contribution is 5.74. The van der Waals surface area contributed by atoms with Crippen molar-refractivity contribution < 1.29 is 40.6 Å². The van der Waals surface area contributed by atoms with Gasteiger partial charge in [-0.2, -0.15) is 26.3 Å². The van der Waals surface area contributed by atoms with Crippen molar-refractivity contribution in [2.75, 3.05) is 11.5 Å². The zero-order chi connectivity index (χ0) is 37.6. The van der Waals surface area contributed by atoms with Gasteiger partial charge in [-0.05, 0) is 121 Å². The number of ether oxygens (including phenoxy) is 2. The number of anilines is 1. The Hall–Kier alpha value is -4.61. The fraction of sp³-hybridized carbons (Fsp3) is 0.425. The second-order valence-corrected chi connectivity index (χ2v) is 13.7. The van der Waals surface area contributed by atoms with Crippen LogP contribution in [0.15, 0.2) is 60.9 Å². The van der Waals surface area contributed by atoms with Gasteiger partial charge in [0.15, 0.2) is 5.75 Å². The van der Waals surface area contributed by atoms with Crippen molar-refractivity contribution in [3.63, 3.8) is 0 Å². The molecule has 0 unspecified atom stereocenters. The third-order valence-corrected chi connectivity index (χ3v) is 9.23. The first kappa shape index (κ1) is 38.6. The maximum absolute atomic E-state index is 13.9. The lowest BCUT2D eigenvalue weighted by Crippen LogP contribution is -2.25. The van der Waals surface area contributed by atoms with Crippen molar-refractivity contribution in [2.24, 2.45) is 0 Å². The van der Waals surface area contributed by atoms with Gasteiger partial charge in [0.1, 0.15) is 12.0 Å². The highest BCUT2D eigenvalue weighted by Gasteiger charge is 2.37. The molecule has 12 heteroatoms. The zero-order valence-corrected chi connectivity index (χ0v) is 29.7. The molecule has 3 aromatic carbocycles. The molecule has 1 aromatic heterocycles. The number of unbranched alkanes of at least 4 members (excludes halogenated alkanes) is 1. The van der Waals surface area contributed by atoms with Crippen LogP contribution in [0.4, 0.5) is 32.3 Å². The summed E-state index contributed by atoms with van der Waals surface area (Å²) in [5, 5.41) is 0. The van der Waals surface area contributed by atoms with Gasteiger partial charge < -0.3 is 19.2 Å². The quantitative estimate of drug-likeness (QED) is 0.0732. The molecule has 0 amide bonds. The Morgan fingerprint density at radius 2 is 1.50 bits per heavy atom. The maximum atomic E-state index is 13.9. The zero-order valence-electron chi connectivity index (χ0n) is 29.7. The molecule has 4 aromatic rings. The molecule has 0 spiro atoms. The molecule has 1 fully saturated rings. The van der Waals surface area contributed by atoms with E-state index in [0.717, 1.165) is 83.2 Å². The third-order valence-electron chi connectivity index (χ3n) is 9.23. The minimum Gasteiger partial charge on any atom is -0.490 e. The summed E-state index contributed by atoms with van der Waals surface area (Å²) in [6, 6.07) is 11.8. The second kappa shape index (κ2) is 16.4. The lowest BCUT2D eigenvalue weighted by molar-refractivity contribution is -0.143. The first-order chi connectivity index (χ1) is 24.6. The summed E-state index contributed by atoms with van der Waals surface area (Å²) in [5.41, 5.74) is 2.48. The maximum Gasteiger partial charge on any atom is 0.416 e. The van der Waals surface area contributed by atoms with Crippen LogP contribution in [0.2, 0.25) is 0 Å². The van der Waals surface area contributed by atoms with Crippen LogP contribution in [-0.2, 0) is 30.2 Å². The number of aromatic nitrogens is 2. The van der Waals surface area contributed by atoms with Gasteiger partial charge in [0.2, 0.25) is 5.95 Å². The predicted molar refractivity (Wildman–Crippen MR) is 187 cm³/mol. The Bertz CT molecular complexity index is 1800. The highest BCUT2D eigenvalue weighted by atomic mass is 19.4. The van der Waals surface area contributed by atoms with Gasteiger partial charge in [-0.25, -0.2) is 9.97 Å². The molecule has 52 heavy (non-hydrogen) atoms. The molecule has 278 valence electrons. The Kier molecular flexibility index (Phi) is 12.2. The molecule has 1 aliphatic carbocycles. The molecule has 0 saturated heterocycles. The van der Waals surface area contributed by atoms with Gasteiger partial charge in [-0.1, -0.05) is 32.0 Å². The predicted octanol–water partition coefficient (Wildman–Crippen LogP) is 10.8. The van der Waals surface area contributed by atoms with Crippen molar-refractivity contribution in [3.05, 3.63) is 99.9 Å². The van der Waals surface area contributed by atoms with Gasteiger partial charge in [-0.3, -0.25) is 0 Å². The Balaban J connectivity index is 1.62. The monoisotopic (exact) mass is 727 g/mol. The van der Waals surface area contributed by atoms with E-state index in [1.54, 1.807) is 4.90 Å². The van der Waals surface area contributed by atoms with Crippen molar-refractivity contribution in [1.82, 2.24) is 9.97 Å². The average Bonchev–Trinajstić information content (AvgIpc) is 3.60. The van der Waals surface area contributed by atoms with Gasteiger partial charge in [0, 0.05) is 19.5 Å². The SMILES string of the molecule is Cc1cc(CN(Cc2cc(C(F)(F)F)cc(C(F)(F)F)c2)c2ncc(OCCCC=O)cn2)c(-c2cc(C(C)C)ccc2C)cc1OC1CCCC1. The third kappa shape index (κ3) is 9.83. The van der Waals surface area contributed by atoms with Gasteiger partial charge >= 0.3 is 12.4 Å². The summed E-state index contributed by atoms with van der Waals surface area (Å²) >= 11 is 0. The summed E-state index contributed by atoms with van der Waals surface area (Å²) in [5.74, 6) is 1.34. The minimum atomic E-state index is -5.00. The molecule has 6 nitrogen and oxygen atoms in total. The molecule has 1 saturated carbocycles. The number of hydrogen-bond donors (Lipinski definition) is 0. The van der Waals surface area contributed by atoms with E-state index >= 15 is 0 Å². The number of nitrogens with zero attached hydrogens (tertiary/aromatic N) is 3. The average molecular weight is 728 g/mol. The lowest BCUT2D eigenvalue weighted by Gasteiger charge is -2.27. The number of halogens is 6. The summed E-state index contributed by atoms with van der Waals surface area (Å²) in [6.45, 7) is 8.03. The first-order valence-electron chi connectivity index (χ1n) is 17.4. The molecule has 0 radical (unpaired) electrons. The number of benzene rings is 3. The molecule has 1 heterocycles. The van der Waals surface area contributed by atoms with Crippen LogP contribution in [0.25, 0.3) is 11.1 Å². The van der Waals surface area contributed by atoms with Crippen molar-refractivity contribution in [2.45, 2.75) is 104 Å². The van der Waals surface area contributed by atoms with E-state index < -0.39 is 23.5 Å². The van der Waals surface area contributed by atoms with Gasteiger partial charge in [0.05, 0.1) is 36.2 Å². The van der Waals surface area contributed by atoms with E-state index in [-0.39, 0.29) is 49.3 Å². The normalized spacial score (nSPS) is 13.8. The van der Waals surface area contributed by atoms with Crippen LogP contribution in [0, 0.1) is 13.8 Å². The molecule has 0 bridgehead atoms. The number of rotatable bonds is 14. The van der Waals surface area contributed by atoms with Crippen LogP contribution in [0.5, 0.6) is 11.5 Å². The summed E-state index contributed by atoms with van der Waals surface area (Å²) in [4.78, 5) is 21.1. The van der Waals surface area contributed by atoms with E-state index in [9.17, 15) is 31.1 Å². The number of carbonyl (C=O) groups is 1. The molecule has 0 atom stereocenters.